The number of nitro benzene ring substituents is 1. The molecule has 0 radical (unpaired) electrons. The van der Waals surface area contributed by atoms with Crippen molar-refractivity contribution in [1.82, 2.24) is 0 Å². The Balaban J connectivity index is 2.11. The zero-order valence-corrected chi connectivity index (χ0v) is 10.2. The SMILES string of the molecule is CC1(C)CC1CNc1c(F)cc([N+](=O)[O-])cc1F. The van der Waals surface area contributed by atoms with Gasteiger partial charge < -0.3 is 5.32 Å². The summed E-state index contributed by atoms with van der Waals surface area (Å²) in [5, 5.41) is 13.1. The molecule has 0 saturated heterocycles. The van der Waals surface area contributed by atoms with Crippen LogP contribution in [-0.2, 0) is 0 Å². The molecule has 98 valence electrons. The Bertz CT molecular complexity index is 480. The van der Waals surface area contributed by atoms with Gasteiger partial charge in [0.1, 0.15) is 5.69 Å². The van der Waals surface area contributed by atoms with Crippen molar-refractivity contribution >= 4 is 11.4 Å². The van der Waals surface area contributed by atoms with E-state index in [1.807, 2.05) is 0 Å². The van der Waals surface area contributed by atoms with Gasteiger partial charge in [0.25, 0.3) is 5.69 Å². The number of rotatable bonds is 4. The lowest BCUT2D eigenvalue weighted by Gasteiger charge is -2.09. The number of nitro groups is 1. The molecule has 0 amide bonds. The van der Waals surface area contributed by atoms with E-state index >= 15 is 0 Å². The highest BCUT2D eigenvalue weighted by atomic mass is 19.1. The zero-order chi connectivity index (χ0) is 13.5. The number of nitrogens with one attached hydrogen (secondary N) is 1. The fraction of sp³-hybridized carbons (Fsp3) is 0.500. The van der Waals surface area contributed by atoms with Crippen molar-refractivity contribution in [3.8, 4) is 0 Å². The summed E-state index contributed by atoms with van der Waals surface area (Å²) in [4.78, 5) is 9.61. The molecule has 1 aromatic carbocycles. The highest BCUT2D eigenvalue weighted by molar-refractivity contribution is 5.51. The Kier molecular flexibility index (Phi) is 2.96. The van der Waals surface area contributed by atoms with Crippen LogP contribution in [-0.4, -0.2) is 11.5 Å². The lowest BCUT2D eigenvalue weighted by molar-refractivity contribution is -0.385. The molecule has 1 unspecified atom stereocenters. The van der Waals surface area contributed by atoms with Crippen LogP contribution in [0.15, 0.2) is 12.1 Å². The van der Waals surface area contributed by atoms with Gasteiger partial charge in [-0.15, -0.1) is 0 Å². The van der Waals surface area contributed by atoms with Crippen molar-refractivity contribution in [3.63, 3.8) is 0 Å². The second kappa shape index (κ2) is 4.19. The summed E-state index contributed by atoms with van der Waals surface area (Å²) in [6, 6.07) is 1.45. The zero-order valence-electron chi connectivity index (χ0n) is 10.2. The molecule has 0 bridgehead atoms. The number of non-ortho nitro benzene ring substituents is 1. The van der Waals surface area contributed by atoms with Crippen molar-refractivity contribution in [2.75, 3.05) is 11.9 Å². The number of halogens is 2. The van der Waals surface area contributed by atoms with Crippen LogP contribution in [0.3, 0.4) is 0 Å². The topological polar surface area (TPSA) is 55.2 Å². The molecular formula is C12H14F2N2O2. The van der Waals surface area contributed by atoms with Gasteiger partial charge in [0, 0.05) is 6.54 Å². The first-order valence-electron chi connectivity index (χ1n) is 5.68. The van der Waals surface area contributed by atoms with Crippen molar-refractivity contribution < 1.29 is 13.7 Å². The number of nitrogens with zero attached hydrogens (tertiary/aromatic N) is 1. The Labute approximate surface area is 103 Å². The molecule has 1 saturated carbocycles. The molecular weight excluding hydrogens is 242 g/mol. The van der Waals surface area contributed by atoms with Crippen LogP contribution < -0.4 is 5.32 Å². The van der Waals surface area contributed by atoms with Crippen LogP contribution >= 0.6 is 0 Å². The second-order valence-electron chi connectivity index (χ2n) is 5.31. The Morgan fingerprint density at radius 1 is 1.44 bits per heavy atom. The normalized spacial score (nSPS) is 20.6. The highest BCUT2D eigenvalue weighted by Gasteiger charge is 2.45. The third kappa shape index (κ3) is 2.42. The smallest absolute Gasteiger partial charge is 0.275 e. The molecule has 1 aliphatic rings. The molecule has 1 aliphatic carbocycles. The van der Waals surface area contributed by atoms with Crippen LogP contribution in [0.25, 0.3) is 0 Å². The van der Waals surface area contributed by atoms with Gasteiger partial charge in [-0.2, -0.15) is 0 Å². The van der Waals surface area contributed by atoms with E-state index in [9.17, 15) is 18.9 Å². The summed E-state index contributed by atoms with van der Waals surface area (Å²) in [6.07, 6.45) is 1.01. The summed E-state index contributed by atoms with van der Waals surface area (Å²) in [7, 11) is 0. The van der Waals surface area contributed by atoms with Gasteiger partial charge in [-0.3, -0.25) is 10.1 Å². The van der Waals surface area contributed by atoms with Crippen molar-refractivity contribution in [2.45, 2.75) is 20.3 Å². The average molecular weight is 256 g/mol. The second-order valence-corrected chi connectivity index (χ2v) is 5.31. The fourth-order valence-electron chi connectivity index (χ4n) is 1.98. The van der Waals surface area contributed by atoms with E-state index in [0.29, 0.717) is 12.5 Å². The summed E-state index contributed by atoms with van der Waals surface area (Å²) in [5.74, 6) is -1.48. The van der Waals surface area contributed by atoms with Crippen LogP contribution in [0.1, 0.15) is 20.3 Å². The monoisotopic (exact) mass is 256 g/mol. The summed E-state index contributed by atoms with van der Waals surface area (Å²) >= 11 is 0. The Morgan fingerprint density at radius 2 is 1.94 bits per heavy atom. The largest absolute Gasteiger partial charge is 0.380 e. The molecule has 0 aromatic heterocycles. The summed E-state index contributed by atoms with van der Waals surface area (Å²) in [6.45, 7) is 4.64. The Hall–Kier alpha value is -1.72. The quantitative estimate of drug-likeness (QED) is 0.664. The molecule has 1 atom stereocenters. The third-order valence-corrected chi connectivity index (χ3v) is 3.48. The molecule has 1 fully saturated rings. The maximum atomic E-state index is 13.5. The molecule has 2 rings (SSSR count). The van der Waals surface area contributed by atoms with Crippen molar-refractivity contribution in [2.24, 2.45) is 11.3 Å². The highest BCUT2D eigenvalue weighted by Crippen LogP contribution is 2.51. The minimum Gasteiger partial charge on any atom is -0.380 e. The predicted molar refractivity (Wildman–Crippen MR) is 63.4 cm³/mol. The van der Waals surface area contributed by atoms with E-state index in [1.54, 1.807) is 0 Å². The van der Waals surface area contributed by atoms with Crippen LogP contribution in [0, 0.1) is 33.1 Å². The molecule has 1 aromatic rings. The molecule has 0 heterocycles. The standard InChI is InChI=1S/C12H14F2N2O2/c1-12(2)5-7(12)6-15-11-9(13)3-8(16(17)18)4-10(11)14/h3-4,7,15H,5-6H2,1-2H3. The molecule has 6 heteroatoms. The first-order valence-corrected chi connectivity index (χ1v) is 5.68. The van der Waals surface area contributed by atoms with Gasteiger partial charge >= 0.3 is 0 Å². The number of anilines is 1. The van der Waals surface area contributed by atoms with E-state index < -0.39 is 22.2 Å². The van der Waals surface area contributed by atoms with Gasteiger partial charge in [0.15, 0.2) is 11.6 Å². The predicted octanol–water partition coefficient (Wildman–Crippen LogP) is 3.33. The lowest BCUT2D eigenvalue weighted by Crippen LogP contribution is -2.10. The third-order valence-electron chi connectivity index (χ3n) is 3.48. The minimum absolute atomic E-state index is 0.209. The lowest BCUT2D eigenvalue weighted by atomic mass is 10.1. The van der Waals surface area contributed by atoms with E-state index in [4.69, 9.17) is 0 Å². The summed E-state index contributed by atoms with van der Waals surface area (Å²) in [5.41, 5.74) is -0.661. The van der Waals surface area contributed by atoms with E-state index in [0.717, 1.165) is 18.6 Å². The van der Waals surface area contributed by atoms with Gasteiger partial charge in [0.05, 0.1) is 17.1 Å². The molecule has 18 heavy (non-hydrogen) atoms. The molecule has 4 nitrogen and oxygen atoms in total. The van der Waals surface area contributed by atoms with Crippen molar-refractivity contribution in [1.29, 1.82) is 0 Å². The van der Waals surface area contributed by atoms with Gasteiger partial charge in [-0.1, -0.05) is 13.8 Å². The minimum atomic E-state index is -0.930. The first-order chi connectivity index (χ1) is 8.31. The van der Waals surface area contributed by atoms with Crippen molar-refractivity contribution in [3.05, 3.63) is 33.9 Å². The van der Waals surface area contributed by atoms with E-state index in [1.165, 1.54) is 0 Å². The molecule has 0 spiro atoms. The van der Waals surface area contributed by atoms with Gasteiger partial charge in [0.2, 0.25) is 0 Å². The van der Waals surface area contributed by atoms with Crippen LogP contribution in [0.4, 0.5) is 20.2 Å². The number of hydrogen-bond donors (Lipinski definition) is 1. The van der Waals surface area contributed by atoms with E-state index in [2.05, 4.69) is 19.2 Å². The first kappa shape index (κ1) is 12.7. The summed E-state index contributed by atoms with van der Waals surface area (Å²) < 4.78 is 27.1. The Morgan fingerprint density at radius 3 is 2.33 bits per heavy atom. The van der Waals surface area contributed by atoms with E-state index in [-0.39, 0.29) is 11.1 Å². The van der Waals surface area contributed by atoms with Crippen LogP contribution in [0.5, 0.6) is 0 Å². The van der Waals surface area contributed by atoms with Gasteiger partial charge in [-0.25, -0.2) is 8.78 Å². The average Bonchev–Trinajstić information content (AvgIpc) is 2.84. The maximum Gasteiger partial charge on any atom is 0.275 e. The number of benzene rings is 1. The van der Waals surface area contributed by atoms with Crippen LogP contribution in [0.2, 0.25) is 0 Å². The molecule has 1 N–H and O–H groups in total. The van der Waals surface area contributed by atoms with Gasteiger partial charge in [-0.05, 0) is 17.8 Å². The maximum absolute atomic E-state index is 13.5. The fourth-order valence-corrected chi connectivity index (χ4v) is 1.98. The number of hydrogen-bond acceptors (Lipinski definition) is 3. The molecule has 0 aliphatic heterocycles.